The predicted molar refractivity (Wildman–Crippen MR) is 86.0 cm³/mol. The van der Waals surface area contributed by atoms with Crippen LogP contribution in [-0.4, -0.2) is 38.0 Å². The predicted octanol–water partition coefficient (Wildman–Crippen LogP) is 2.49. The molecule has 9 heteroatoms. The summed E-state index contributed by atoms with van der Waals surface area (Å²) >= 11 is 0. The summed E-state index contributed by atoms with van der Waals surface area (Å²) in [6.45, 7) is 0.171. The lowest BCUT2D eigenvalue weighted by atomic mass is 10.1. The number of benzene rings is 1. The summed E-state index contributed by atoms with van der Waals surface area (Å²) in [6, 6.07) is 4.76. The first kappa shape index (κ1) is 17.2. The summed E-state index contributed by atoms with van der Waals surface area (Å²) < 4.78 is 39.2. The van der Waals surface area contributed by atoms with Gasteiger partial charge in [0.1, 0.15) is 12.1 Å². The molecule has 1 aromatic carbocycles. The molecule has 0 aliphatic carbocycles. The SMILES string of the molecule is CNc1ncnc2c1cnn2CC(O)Cc1ccc(C(F)(F)F)cc1. The summed E-state index contributed by atoms with van der Waals surface area (Å²) in [4.78, 5) is 8.25. The van der Waals surface area contributed by atoms with Crippen LogP contribution in [0.4, 0.5) is 19.0 Å². The van der Waals surface area contributed by atoms with Gasteiger partial charge in [0.05, 0.1) is 29.8 Å². The van der Waals surface area contributed by atoms with Crippen molar-refractivity contribution in [3.8, 4) is 0 Å². The Labute approximate surface area is 141 Å². The van der Waals surface area contributed by atoms with Crippen LogP contribution in [0.3, 0.4) is 0 Å². The van der Waals surface area contributed by atoms with Crippen molar-refractivity contribution in [2.75, 3.05) is 12.4 Å². The van der Waals surface area contributed by atoms with E-state index in [2.05, 4.69) is 20.4 Å². The molecule has 3 aromatic rings. The molecule has 0 radical (unpaired) electrons. The van der Waals surface area contributed by atoms with Crippen LogP contribution in [-0.2, 0) is 19.1 Å². The summed E-state index contributed by atoms with van der Waals surface area (Å²) in [5.41, 5.74) is 0.480. The molecule has 0 aliphatic rings. The van der Waals surface area contributed by atoms with Crippen molar-refractivity contribution in [3.63, 3.8) is 0 Å². The van der Waals surface area contributed by atoms with E-state index >= 15 is 0 Å². The number of rotatable bonds is 5. The molecule has 0 fully saturated rings. The van der Waals surface area contributed by atoms with Gasteiger partial charge in [-0.3, -0.25) is 0 Å². The van der Waals surface area contributed by atoms with Gasteiger partial charge in [0.25, 0.3) is 0 Å². The molecule has 3 rings (SSSR count). The smallest absolute Gasteiger partial charge is 0.391 e. The number of aliphatic hydroxyl groups is 1. The Morgan fingerprint density at radius 3 is 2.56 bits per heavy atom. The van der Waals surface area contributed by atoms with E-state index in [0.29, 0.717) is 17.0 Å². The Bertz CT molecular complexity index is 860. The van der Waals surface area contributed by atoms with Crippen LogP contribution in [0.1, 0.15) is 11.1 Å². The van der Waals surface area contributed by atoms with E-state index in [9.17, 15) is 18.3 Å². The Morgan fingerprint density at radius 1 is 1.20 bits per heavy atom. The Kier molecular flexibility index (Phi) is 4.58. The molecule has 0 amide bonds. The van der Waals surface area contributed by atoms with E-state index in [-0.39, 0.29) is 13.0 Å². The van der Waals surface area contributed by atoms with E-state index < -0.39 is 17.8 Å². The zero-order chi connectivity index (χ0) is 18.0. The highest BCUT2D eigenvalue weighted by Gasteiger charge is 2.30. The molecule has 2 heterocycles. The fraction of sp³-hybridized carbons (Fsp3) is 0.312. The fourth-order valence-electron chi connectivity index (χ4n) is 2.59. The van der Waals surface area contributed by atoms with Crippen LogP contribution in [0.25, 0.3) is 11.0 Å². The summed E-state index contributed by atoms with van der Waals surface area (Å²) in [5.74, 6) is 0.633. The highest BCUT2D eigenvalue weighted by Crippen LogP contribution is 2.29. The number of nitrogens with zero attached hydrogens (tertiary/aromatic N) is 4. The van der Waals surface area contributed by atoms with Crippen LogP contribution in [0.15, 0.2) is 36.8 Å². The lowest BCUT2D eigenvalue weighted by Crippen LogP contribution is -2.19. The van der Waals surface area contributed by atoms with Crippen molar-refractivity contribution < 1.29 is 18.3 Å². The highest BCUT2D eigenvalue weighted by atomic mass is 19.4. The van der Waals surface area contributed by atoms with Gasteiger partial charge in [-0.15, -0.1) is 0 Å². The number of halogens is 3. The van der Waals surface area contributed by atoms with E-state index in [1.807, 2.05) is 0 Å². The van der Waals surface area contributed by atoms with Crippen LogP contribution in [0, 0.1) is 0 Å². The van der Waals surface area contributed by atoms with Gasteiger partial charge in [0, 0.05) is 13.5 Å². The van der Waals surface area contributed by atoms with Crippen LogP contribution >= 0.6 is 0 Å². The third-order valence-electron chi connectivity index (χ3n) is 3.81. The highest BCUT2D eigenvalue weighted by molar-refractivity contribution is 5.85. The molecule has 0 bridgehead atoms. The number of nitrogens with one attached hydrogen (secondary N) is 1. The molecule has 6 nitrogen and oxygen atoms in total. The minimum absolute atomic E-state index is 0.171. The second-order valence-corrected chi connectivity index (χ2v) is 5.59. The van der Waals surface area contributed by atoms with Gasteiger partial charge in [-0.05, 0) is 17.7 Å². The number of hydrogen-bond donors (Lipinski definition) is 2. The van der Waals surface area contributed by atoms with Gasteiger partial charge in [-0.1, -0.05) is 12.1 Å². The first-order chi connectivity index (χ1) is 11.9. The molecular weight excluding hydrogens is 335 g/mol. The van der Waals surface area contributed by atoms with Gasteiger partial charge >= 0.3 is 6.18 Å². The molecule has 0 spiro atoms. The van der Waals surface area contributed by atoms with Gasteiger partial charge in [-0.2, -0.15) is 18.3 Å². The lowest BCUT2D eigenvalue weighted by Gasteiger charge is -2.12. The lowest BCUT2D eigenvalue weighted by molar-refractivity contribution is -0.137. The number of aliphatic hydroxyl groups excluding tert-OH is 1. The monoisotopic (exact) mass is 351 g/mol. The zero-order valence-electron chi connectivity index (χ0n) is 13.3. The molecule has 1 unspecified atom stereocenters. The third kappa shape index (κ3) is 3.71. The zero-order valence-corrected chi connectivity index (χ0v) is 13.3. The normalized spacial score (nSPS) is 13.2. The number of aromatic nitrogens is 4. The van der Waals surface area contributed by atoms with Crippen molar-refractivity contribution in [1.29, 1.82) is 0 Å². The van der Waals surface area contributed by atoms with E-state index in [4.69, 9.17) is 0 Å². The topological polar surface area (TPSA) is 75.9 Å². The van der Waals surface area contributed by atoms with Gasteiger partial charge in [0.2, 0.25) is 0 Å². The van der Waals surface area contributed by atoms with Gasteiger partial charge < -0.3 is 10.4 Å². The van der Waals surface area contributed by atoms with Crippen LogP contribution in [0.2, 0.25) is 0 Å². The standard InChI is InChI=1S/C16H16F3N5O/c1-20-14-13-7-23-24(15(13)22-9-21-14)8-12(25)6-10-2-4-11(5-3-10)16(17,18)19/h2-5,7,9,12,25H,6,8H2,1H3,(H,20,21,22). The Hall–Kier alpha value is -2.68. The van der Waals surface area contributed by atoms with Gasteiger partial charge in [0.15, 0.2) is 5.65 Å². The summed E-state index contributed by atoms with van der Waals surface area (Å²) in [5, 5.41) is 18.1. The van der Waals surface area contributed by atoms with Crippen molar-refractivity contribution in [1.82, 2.24) is 19.7 Å². The average Bonchev–Trinajstić information content (AvgIpc) is 2.97. The molecule has 0 saturated carbocycles. The average molecular weight is 351 g/mol. The van der Waals surface area contributed by atoms with Crippen LogP contribution in [0.5, 0.6) is 0 Å². The molecule has 25 heavy (non-hydrogen) atoms. The molecule has 0 saturated heterocycles. The molecule has 2 aromatic heterocycles. The number of alkyl halides is 3. The maximum Gasteiger partial charge on any atom is 0.416 e. The second-order valence-electron chi connectivity index (χ2n) is 5.59. The van der Waals surface area contributed by atoms with E-state index in [1.165, 1.54) is 18.5 Å². The molecule has 0 aliphatic heterocycles. The largest absolute Gasteiger partial charge is 0.416 e. The second kappa shape index (κ2) is 6.67. The first-order valence-electron chi connectivity index (χ1n) is 7.57. The van der Waals surface area contributed by atoms with Crippen molar-refractivity contribution in [2.45, 2.75) is 25.2 Å². The summed E-state index contributed by atoms with van der Waals surface area (Å²) in [6.07, 6.45) is -1.97. The minimum Gasteiger partial charge on any atom is -0.391 e. The number of anilines is 1. The minimum atomic E-state index is -4.37. The maximum atomic E-state index is 12.6. The molecule has 132 valence electrons. The number of fused-ring (bicyclic) bond motifs is 1. The van der Waals surface area contributed by atoms with E-state index in [1.54, 1.807) is 17.9 Å². The van der Waals surface area contributed by atoms with Crippen molar-refractivity contribution in [3.05, 3.63) is 47.9 Å². The van der Waals surface area contributed by atoms with Crippen molar-refractivity contribution in [2.24, 2.45) is 0 Å². The maximum absolute atomic E-state index is 12.6. The Morgan fingerprint density at radius 2 is 1.92 bits per heavy atom. The summed E-state index contributed by atoms with van der Waals surface area (Å²) in [7, 11) is 1.73. The molecule has 2 N–H and O–H groups in total. The Balaban J connectivity index is 1.72. The van der Waals surface area contributed by atoms with Crippen molar-refractivity contribution >= 4 is 16.9 Å². The molecular formula is C16H16F3N5O. The molecule has 1 atom stereocenters. The first-order valence-corrected chi connectivity index (χ1v) is 7.57. The third-order valence-corrected chi connectivity index (χ3v) is 3.81. The van der Waals surface area contributed by atoms with Crippen LogP contribution < -0.4 is 5.32 Å². The quantitative estimate of drug-likeness (QED) is 0.739. The van der Waals surface area contributed by atoms with E-state index in [0.717, 1.165) is 17.5 Å². The fourth-order valence-corrected chi connectivity index (χ4v) is 2.59. The number of hydrogen-bond acceptors (Lipinski definition) is 5. The van der Waals surface area contributed by atoms with Gasteiger partial charge in [-0.25, -0.2) is 14.6 Å².